The van der Waals surface area contributed by atoms with Crippen molar-refractivity contribution in [2.24, 2.45) is 0 Å². The normalized spacial score (nSPS) is 11.0. The van der Waals surface area contributed by atoms with Crippen molar-refractivity contribution in [2.45, 2.75) is 0 Å². The number of ether oxygens (including phenoxy) is 1. The van der Waals surface area contributed by atoms with Crippen molar-refractivity contribution in [3.05, 3.63) is 47.2 Å². The molecule has 0 saturated carbocycles. The van der Waals surface area contributed by atoms with Crippen LogP contribution in [0.15, 0.2) is 47.2 Å². The maximum atomic E-state index is 5.79. The third-order valence-corrected chi connectivity index (χ3v) is 4.25. The molecule has 0 atom stereocenters. The van der Waals surface area contributed by atoms with E-state index in [1.807, 2.05) is 42.6 Å². The number of H-pyrrole nitrogens is 1. The van der Waals surface area contributed by atoms with Crippen molar-refractivity contribution in [1.29, 1.82) is 0 Å². The van der Waals surface area contributed by atoms with Crippen LogP contribution in [0.1, 0.15) is 0 Å². The second kappa shape index (κ2) is 6.14. The number of nitrogen functional groups attached to an aromatic ring is 1. The minimum absolute atomic E-state index is 0.103. The first-order chi connectivity index (χ1) is 12.2. The summed E-state index contributed by atoms with van der Waals surface area (Å²) in [5.74, 6) is 0.858. The molecule has 3 aromatic heterocycles. The maximum Gasteiger partial charge on any atom is 0.240 e. The highest BCUT2D eigenvalue weighted by Gasteiger charge is 2.17. The average Bonchev–Trinajstić information content (AvgIpc) is 3.04. The van der Waals surface area contributed by atoms with Gasteiger partial charge in [0, 0.05) is 22.7 Å². The molecule has 0 saturated heterocycles. The Morgan fingerprint density at radius 2 is 1.96 bits per heavy atom. The predicted octanol–water partition coefficient (Wildman–Crippen LogP) is 3.44. The number of methoxy groups -OCH3 is 1. The van der Waals surface area contributed by atoms with Gasteiger partial charge in [-0.25, -0.2) is 9.97 Å². The molecule has 124 valence electrons. The summed E-state index contributed by atoms with van der Waals surface area (Å²) in [6.45, 7) is 0. The van der Waals surface area contributed by atoms with Crippen molar-refractivity contribution in [1.82, 2.24) is 25.1 Å². The summed E-state index contributed by atoms with van der Waals surface area (Å²) in [6.07, 6.45) is 1.87. The van der Waals surface area contributed by atoms with Crippen LogP contribution in [0.5, 0.6) is 5.75 Å². The summed E-state index contributed by atoms with van der Waals surface area (Å²) >= 11 is 3.38. The van der Waals surface area contributed by atoms with Crippen LogP contribution in [0.3, 0.4) is 0 Å². The second-order valence-corrected chi connectivity index (χ2v) is 6.14. The molecule has 25 heavy (non-hydrogen) atoms. The number of halogens is 1. The lowest BCUT2D eigenvalue weighted by Crippen LogP contribution is -2.03. The molecule has 0 unspecified atom stereocenters. The number of hydrogen-bond donors (Lipinski definition) is 2. The van der Waals surface area contributed by atoms with E-state index >= 15 is 0 Å². The lowest BCUT2D eigenvalue weighted by atomic mass is 10.1. The molecule has 0 aliphatic heterocycles. The van der Waals surface area contributed by atoms with Crippen LogP contribution in [-0.2, 0) is 0 Å². The van der Waals surface area contributed by atoms with Crippen LogP contribution in [0.25, 0.3) is 33.5 Å². The highest BCUT2D eigenvalue weighted by atomic mass is 79.9. The number of anilines is 1. The van der Waals surface area contributed by atoms with Gasteiger partial charge in [-0.15, -0.1) is 10.2 Å². The van der Waals surface area contributed by atoms with Crippen LogP contribution in [0.2, 0.25) is 0 Å². The standard InChI is InChI=1S/C17H13BrN6O/c1-25-9-5-6-12-10(7-9)11(8-20-12)15-16(23-24-17(19)22-15)13-3-2-4-14(18)21-13/h2-8,20H,1H3,(H2,19,22,24). The van der Waals surface area contributed by atoms with Crippen molar-refractivity contribution in [3.63, 3.8) is 0 Å². The minimum Gasteiger partial charge on any atom is -0.497 e. The Labute approximate surface area is 151 Å². The van der Waals surface area contributed by atoms with Crippen LogP contribution >= 0.6 is 15.9 Å². The zero-order valence-electron chi connectivity index (χ0n) is 13.2. The molecule has 0 fully saturated rings. The van der Waals surface area contributed by atoms with Gasteiger partial charge in [-0.05, 0) is 46.3 Å². The van der Waals surface area contributed by atoms with Gasteiger partial charge in [-0.3, -0.25) is 0 Å². The molecule has 4 rings (SSSR count). The van der Waals surface area contributed by atoms with E-state index in [2.05, 4.69) is 41.1 Å². The van der Waals surface area contributed by atoms with Gasteiger partial charge in [0.05, 0.1) is 12.8 Å². The van der Waals surface area contributed by atoms with Crippen LogP contribution < -0.4 is 10.5 Å². The zero-order valence-corrected chi connectivity index (χ0v) is 14.8. The van der Waals surface area contributed by atoms with Gasteiger partial charge in [0.15, 0.2) is 0 Å². The monoisotopic (exact) mass is 396 g/mol. The van der Waals surface area contributed by atoms with Gasteiger partial charge in [0.2, 0.25) is 5.95 Å². The maximum absolute atomic E-state index is 5.79. The molecule has 7 nitrogen and oxygen atoms in total. The zero-order chi connectivity index (χ0) is 17.4. The summed E-state index contributed by atoms with van der Waals surface area (Å²) in [4.78, 5) is 12.1. The van der Waals surface area contributed by atoms with Crippen molar-refractivity contribution >= 4 is 32.8 Å². The smallest absolute Gasteiger partial charge is 0.240 e. The molecule has 0 aliphatic carbocycles. The van der Waals surface area contributed by atoms with Gasteiger partial charge < -0.3 is 15.5 Å². The molecule has 0 radical (unpaired) electrons. The van der Waals surface area contributed by atoms with Crippen molar-refractivity contribution in [3.8, 4) is 28.4 Å². The molecule has 3 heterocycles. The number of rotatable bonds is 3. The third-order valence-electron chi connectivity index (χ3n) is 3.80. The van der Waals surface area contributed by atoms with E-state index in [1.54, 1.807) is 7.11 Å². The van der Waals surface area contributed by atoms with Gasteiger partial charge in [-0.1, -0.05) is 6.07 Å². The van der Waals surface area contributed by atoms with Crippen LogP contribution in [-0.4, -0.2) is 32.3 Å². The van der Waals surface area contributed by atoms with E-state index in [9.17, 15) is 0 Å². The van der Waals surface area contributed by atoms with Crippen molar-refractivity contribution < 1.29 is 4.74 Å². The minimum atomic E-state index is 0.103. The summed E-state index contributed by atoms with van der Waals surface area (Å²) in [5, 5.41) is 9.08. The Hall–Kier alpha value is -3.00. The molecular weight excluding hydrogens is 384 g/mol. The topological polar surface area (TPSA) is 103 Å². The van der Waals surface area contributed by atoms with Gasteiger partial charge >= 0.3 is 0 Å². The fraction of sp³-hybridized carbons (Fsp3) is 0.0588. The van der Waals surface area contributed by atoms with E-state index in [0.717, 1.165) is 22.2 Å². The van der Waals surface area contributed by atoms with Crippen molar-refractivity contribution in [2.75, 3.05) is 12.8 Å². The van der Waals surface area contributed by atoms with Crippen LogP contribution in [0, 0.1) is 0 Å². The number of nitrogens with two attached hydrogens (primary N) is 1. The number of fused-ring (bicyclic) bond motifs is 1. The highest BCUT2D eigenvalue weighted by Crippen LogP contribution is 2.34. The number of nitrogens with one attached hydrogen (secondary N) is 1. The molecular formula is C17H13BrN6O. The number of pyridine rings is 1. The lowest BCUT2D eigenvalue weighted by molar-refractivity contribution is 0.415. The fourth-order valence-electron chi connectivity index (χ4n) is 2.66. The highest BCUT2D eigenvalue weighted by molar-refractivity contribution is 9.10. The Bertz CT molecular complexity index is 1080. The SMILES string of the molecule is COc1ccc2[nH]cc(-c3nc(N)nnc3-c3cccc(Br)n3)c2c1. The Kier molecular flexibility index (Phi) is 3.81. The summed E-state index contributed by atoms with van der Waals surface area (Å²) in [6, 6.07) is 11.4. The predicted molar refractivity (Wildman–Crippen MR) is 99.0 cm³/mol. The molecule has 0 bridgehead atoms. The molecule has 3 N–H and O–H groups in total. The molecule has 1 aromatic carbocycles. The first kappa shape index (κ1) is 15.5. The molecule has 8 heteroatoms. The van der Waals surface area contributed by atoms with Crippen LogP contribution in [0.4, 0.5) is 5.95 Å². The molecule has 0 aliphatic rings. The van der Waals surface area contributed by atoms with E-state index in [1.165, 1.54) is 0 Å². The fourth-order valence-corrected chi connectivity index (χ4v) is 3.01. The molecule has 4 aromatic rings. The van der Waals surface area contributed by atoms with E-state index < -0.39 is 0 Å². The largest absolute Gasteiger partial charge is 0.497 e. The summed E-state index contributed by atoms with van der Waals surface area (Å²) < 4.78 is 6.04. The molecule has 0 spiro atoms. The number of benzene rings is 1. The van der Waals surface area contributed by atoms with E-state index in [-0.39, 0.29) is 5.95 Å². The summed E-state index contributed by atoms with van der Waals surface area (Å²) in [7, 11) is 1.63. The number of hydrogen-bond acceptors (Lipinski definition) is 6. The first-order valence-electron chi connectivity index (χ1n) is 7.44. The van der Waals surface area contributed by atoms with E-state index in [4.69, 9.17) is 10.5 Å². The van der Waals surface area contributed by atoms with E-state index in [0.29, 0.717) is 21.7 Å². The van der Waals surface area contributed by atoms with Gasteiger partial charge in [0.1, 0.15) is 21.7 Å². The quantitative estimate of drug-likeness (QED) is 0.514. The second-order valence-electron chi connectivity index (χ2n) is 5.33. The Balaban J connectivity index is 1.98. The van der Waals surface area contributed by atoms with Gasteiger partial charge in [-0.2, -0.15) is 0 Å². The Morgan fingerprint density at radius 3 is 2.76 bits per heavy atom. The third kappa shape index (κ3) is 2.80. The summed E-state index contributed by atoms with van der Waals surface area (Å²) in [5.41, 5.74) is 9.42. The first-order valence-corrected chi connectivity index (χ1v) is 8.23. The number of aromatic nitrogens is 5. The van der Waals surface area contributed by atoms with Gasteiger partial charge in [0.25, 0.3) is 0 Å². The molecule has 0 amide bonds. The average molecular weight is 397 g/mol. The number of nitrogens with zero attached hydrogens (tertiary/aromatic N) is 4. The Morgan fingerprint density at radius 1 is 1.08 bits per heavy atom. The lowest BCUT2D eigenvalue weighted by Gasteiger charge is -2.07. The number of aromatic amines is 1.